The number of alkyl halides is 3. The highest BCUT2D eigenvalue weighted by atomic mass is 19.4. The molecular formula is C23H19F3N4O2. The van der Waals surface area contributed by atoms with Crippen molar-refractivity contribution >= 4 is 11.6 Å². The van der Waals surface area contributed by atoms with Crippen molar-refractivity contribution in [2.24, 2.45) is 0 Å². The number of hydrogen-bond acceptors (Lipinski definition) is 4. The Bertz CT molecular complexity index is 1270. The molecule has 2 heterocycles. The molecule has 164 valence electrons. The normalized spacial score (nSPS) is 11.6. The number of carbonyl (C=O) groups excluding carboxylic acids is 1. The van der Waals surface area contributed by atoms with Gasteiger partial charge in [-0.3, -0.25) is 4.79 Å². The maximum Gasteiger partial charge on any atom is 0.416 e. The molecule has 4 aromatic rings. The zero-order valence-electron chi connectivity index (χ0n) is 16.8. The van der Waals surface area contributed by atoms with E-state index in [2.05, 4.69) is 15.4 Å². The summed E-state index contributed by atoms with van der Waals surface area (Å²) in [6, 6.07) is 15.6. The predicted molar refractivity (Wildman–Crippen MR) is 112 cm³/mol. The molecule has 0 aliphatic rings. The average molecular weight is 440 g/mol. The van der Waals surface area contributed by atoms with Gasteiger partial charge in [0.2, 0.25) is 0 Å². The fraction of sp³-hybridized carbons (Fsp3) is 0.174. The van der Waals surface area contributed by atoms with Crippen LogP contribution in [-0.4, -0.2) is 38.8 Å². The first-order chi connectivity index (χ1) is 15.3. The van der Waals surface area contributed by atoms with E-state index < -0.39 is 11.7 Å². The van der Waals surface area contributed by atoms with Crippen LogP contribution in [0.2, 0.25) is 0 Å². The Kier molecular flexibility index (Phi) is 5.91. The molecule has 4 rings (SSSR count). The van der Waals surface area contributed by atoms with Crippen molar-refractivity contribution < 1.29 is 23.1 Å². The lowest BCUT2D eigenvalue weighted by atomic mass is 10.1. The average Bonchev–Trinajstić information content (AvgIpc) is 3.19. The number of aromatic nitrogens is 3. The number of fused-ring (bicyclic) bond motifs is 1. The minimum Gasteiger partial charge on any atom is -0.395 e. The Morgan fingerprint density at radius 1 is 1.06 bits per heavy atom. The summed E-state index contributed by atoms with van der Waals surface area (Å²) in [6.07, 6.45) is -2.58. The van der Waals surface area contributed by atoms with Gasteiger partial charge in [-0.1, -0.05) is 30.3 Å². The van der Waals surface area contributed by atoms with Gasteiger partial charge in [0.05, 0.1) is 23.6 Å². The van der Waals surface area contributed by atoms with Crippen molar-refractivity contribution in [3.8, 4) is 11.3 Å². The first kappa shape index (κ1) is 21.5. The maximum atomic E-state index is 13.0. The van der Waals surface area contributed by atoms with Gasteiger partial charge in [-0.2, -0.15) is 18.3 Å². The number of halogens is 3. The number of aliphatic hydroxyl groups excluding tert-OH is 1. The SMILES string of the molecule is O=C(NCCO)c1cccc(-c2ccnc3cc(Cc4cccc(C(F)(F)F)c4)nn23)c1. The first-order valence-corrected chi connectivity index (χ1v) is 9.84. The van der Waals surface area contributed by atoms with E-state index in [0.717, 1.165) is 17.7 Å². The molecule has 0 unspecified atom stereocenters. The van der Waals surface area contributed by atoms with E-state index in [4.69, 9.17) is 5.11 Å². The van der Waals surface area contributed by atoms with Crippen LogP contribution < -0.4 is 5.32 Å². The van der Waals surface area contributed by atoms with E-state index in [0.29, 0.717) is 28.2 Å². The number of aliphatic hydroxyl groups is 1. The summed E-state index contributed by atoms with van der Waals surface area (Å²) in [5.41, 5.74) is 2.74. The highest BCUT2D eigenvalue weighted by Gasteiger charge is 2.30. The smallest absolute Gasteiger partial charge is 0.395 e. The van der Waals surface area contributed by atoms with Crippen molar-refractivity contribution in [3.05, 3.63) is 89.2 Å². The van der Waals surface area contributed by atoms with E-state index in [-0.39, 0.29) is 25.5 Å². The summed E-state index contributed by atoms with van der Waals surface area (Å²) < 4.78 is 40.6. The van der Waals surface area contributed by atoms with Crippen molar-refractivity contribution in [2.45, 2.75) is 12.6 Å². The van der Waals surface area contributed by atoms with Gasteiger partial charge in [0, 0.05) is 36.4 Å². The molecule has 0 aliphatic carbocycles. The molecule has 2 aromatic carbocycles. The van der Waals surface area contributed by atoms with Crippen LogP contribution in [0.5, 0.6) is 0 Å². The van der Waals surface area contributed by atoms with Gasteiger partial charge in [-0.15, -0.1) is 0 Å². The fourth-order valence-corrected chi connectivity index (χ4v) is 3.41. The molecule has 0 bridgehead atoms. The molecule has 0 fully saturated rings. The number of benzene rings is 2. The molecule has 6 nitrogen and oxygen atoms in total. The summed E-state index contributed by atoms with van der Waals surface area (Å²) in [5.74, 6) is -0.308. The standard InChI is InChI=1S/C23H19F3N4O2/c24-23(25,26)18-6-1-3-15(11-18)12-19-14-21-27-8-7-20(30(21)29-19)16-4-2-5-17(13-16)22(32)28-9-10-31/h1-8,11,13-14,31H,9-10,12H2,(H,28,32). The second kappa shape index (κ2) is 8.80. The van der Waals surface area contributed by atoms with Crippen molar-refractivity contribution in [1.29, 1.82) is 0 Å². The summed E-state index contributed by atoms with van der Waals surface area (Å²) in [5, 5.41) is 16.0. The van der Waals surface area contributed by atoms with E-state index in [1.807, 2.05) is 6.07 Å². The van der Waals surface area contributed by atoms with Crippen molar-refractivity contribution in [2.75, 3.05) is 13.2 Å². The molecule has 0 atom stereocenters. The maximum absolute atomic E-state index is 13.0. The summed E-state index contributed by atoms with van der Waals surface area (Å²) in [4.78, 5) is 16.5. The quantitative estimate of drug-likeness (QED) is 0.479. The topological polar surface area (TPSA) is 79.5 Å². The number of rotatable bonds is 6. The first-order valence-electron chi connectivity index (χ1n) is 9.84. The van der Waals surface area contributed by atoms with Crippen LogP contribution in [0.15, 0.2) is 66.9 Å². The van der Waals surface area contributed by atoms with Crippen LogP contribution in [0.3, 0.4) is 0 Å². The summed E-state index contributed by atoms with van der Waals surface area (Å²) in [7, 11) is 0. The molecule has 32 heavy (non-hydrogen) atoms. The van der Waals surface area contributed by atoms with Crippen LogP contribution >= 0.6 is 0 Å². The van der Waals surface area contributed by atoms with Gasteiger partial charge in [0.1, 0.15) is 0 Å². The molecule has 1 amide bonds. The zero-order valence-corrected chi connectivity index (χ0v) is 16.8. The summed E-state index contributed by atoms with van der Waals surface area (Å²) in [6.45, 7) is -0.00102. The van der Waals surface area contributed by atoms with E-state index in [9.17, 15) is 18.0 Å². The van der Waals surface area contributed by atoms with Crippen LogP contribution in [0, 0.1) is 0 Å². The van der Waals surface area contributed by atoms with Gasteiger partial charge in [0.15, 0.2) is 5.65 Å². The Balaban J connectivity index is 1.66. The van der Waals surface area contributed by atoms with Gasteiger partial charge in [-0.05, 0) is 29.8 Å². The van der Waals surface area contributed by atoms with Gasteiger partial charge in [0.25, 0.3) is 5.91 Å². The van der Waals surface area contributed by atoms with Crippen LogP contribution in [0.1, 0.15) is 27.2 Å². The Morgan fingerprint density at radius 2 is 1.88 bits per heavy atom. The number of carbonyl (C=O) groups is 1. The van der Waals surface area contributed by atoms with Crippen molar-refractivity contribution in [3.63, 3.8) is 0 Å². The number of hydrogen-bond donors (Lipinski definition) is 2. The van der Waals surface area contributed by atoms with E-state index in [1.54, 1.807) is 47.1 Å². The molecule has 0 saturated carbocycles. The number of nitrogens with one attached hydrogen (secondary N) is 1. The lowest BCUT2D eigenvalue weighted by molar-refractivity contribution is -0.137. The third kappa shape index (κ3) is 4.62. The molecule has 0 radical (unpaired) electrons. The van der Waals surface area contributed by atoms with E-state index >= 15 is 0 Å². The largest absolute Gasteiger partial charge is 0.416 e. The Morgan fingerprint density at radius 3 is 2.66 bits per heavy atom. The van der Waals surface area contributed by atoms with Gasteiger partial charge >= 0.3 is 6.18 Å². The van der Waals surface area contributed by atoms with Gasteiger partial charge < -0.3 is 10.4 Å². The monoisotopic (exact) mass is 440 g/mol. The lowest BCUT2D eigenvalue weighted by Crippen LogP contribution is -2.26. The molecule has 0 aliphatic heterocycles. The van der Waals surface area contributed by atoms with E-state index in [1.165, 1.54) is 6.07 Å². The van der Waals surface area contributed by atoms with Crippen LogP contribution in [0.25, 0.3) is 16.9 Å². The minimum absolute atomic E-state index is 0.153. The minimum atomic E-state index is -4.40. The summed E-state index contributed by atoms with van der Waals surface area (Å²) >= 11 is 0. The van der Waals surface area contributed by atoms with Crippen molar-refractivity contribution in [1.82, 2.24) is 19.9 Å². The fourth-order valence-electron chi connectivity index (χ4n) is 3.41. The second-order valence-corrected chi connectivity index (χ2v) is 7.17. The zero-order chi connectivity index (χ0) is 22.7. The third-order valence-corrected chi connectivity index (χ3v) is 4.87. The Hall–Kier alpha value is -3.72. The number of amides is 1. The lowest BCUT2D eigenvalue weighted by Gasteiger charge is -2.08. The van der Waals surface area contributed by atoms with Crippen LogP contribution in [0.4, 0.5) is 13.2 Å². The molecule has 0 saturated heterocycles. The predicted octanol–water partition coefficient (Wildman–Crippen LogP) is 3.73. The highest BCUT2D eigenvalue weighted by Crippen LogP contribution is 2.30. The van der Waals surface area contributed by atoms with Gasteiger partial charge in [-0.25, -0.2) is 9.50 Å². The molecular weight excluding hydrogens is 421 g/mol. The molecule has 0 spiro atoms. The highest BCUT2D eigenvalue weighted by molar-refractivity contribution is 5.95. The molecule has 2 N–H and O–H groups in total. The Labute approximate surface area is 181 Å². The molecule has 2 aromatic heterocycles. The molecule has 9 heteroatoms. The third-order valence-electron chi connectivity index (χ3n) is 4.87. The number of nitrogens with zero attached hydrogens (tertiary/aromatic N) is 3. The second-order valence-electron chi connectivity index (χ2n) is 7.17. The van der Waals surface area contributed by atoms with Crippen LogP contribution in [-0.2, 0) is 12.6 Å².